The van der Waals surface area contributed by atoms with E-state index in [4.69, 9.17) is 11.2 Å². The van der Waals surface area contributed by atoms with Gasteiger partial charge >= 0.3 is 5.97 Å². The molecule has 3 heterocycles. The van der Waals surface area contributed by atoms with Gasteiger partial charge in [0.15, 0.2) is 0 Å². The number of terminal acetylenes is 1. The van der Waals surface area contributed by atoms with Crippen molar-refractivity contribution in [1.82, 2.24) is 14.8 Å². The summed E-state index contributed by atoms with van der Waals surface area (Å²) in [6.45, 7) is 4.76. The molecule has 2 atom stereocenters. The van der Waals surface area contributed by atoms with Crippen LogP contribution >= 0.6 is 0 Å². The summed E-state index contributed by atoms with van der Waals surface area (Å²) in [4.78, 5) is 18.6. The second kappa shape index (κ2) is 6.25. The summed E-state index contributed by atoms with van der Waals surface area (Å²) in [7, 11) is 0. The highest BCUT2D eigenvalue weighted by Gasteiger charge is 2.45. The van der Waals surface area contributed by atoms with Gasteiger partial charge in [-0.05, 0) is 36.8 Å². The van der Waals surface area contributed by atoms with Crippen LogP contribution in [-0.2, 0) is 11.3 Å². The second-order valence-corrected chi connectivity index (χ2v) is 6.67. The van der Waals surface area contributed by atoms with Gasteiger partial charge in [0.2, 0.25) is 0 Å². The van der Waals surface area contributed by atoms with E-state index in [0.717, 1.165) is 41.9 Å². The van der Waals surface area contributed by atoms with Gasteiger partial charge in [-0.3, -0.25) is 4.68 Å². The molecule has 0 aromatic carbocycles. The fourth-order valence-corrected chi connectivity index (χ4v) is 3.47. The molecule has 2 aromatic heterocycles. The van der Waals surface area contributed by atoms with Gasteiger partial charge in [-0.15, -0.1) is 6.42 Å². The molecule has 0 amide bonds. The normalized spacial score (nSPS) is 20.9. The van der Waals surface area contributed by atoms with Crippen molar-refractivity contribution in [2.24, 2.45) is 11.8 Å². The number of hydrogen-bond donors (Lipinski definition) is 0. The van der Waals surface area contributed by atoms with Crippen LogP contribution in [0.4, 0.5) is 5.82 Å². The van der Waals surface area contributed by atoms with Crippen molar-refractivity contribution in [3.05, 3.63) is 41.3 Å². The van der Waals surface area contributed by atoms with E-state index in [9.17, 15) is 4.79 Å². The molecule has 6 nitrogen and oxygen atoms in total. The van der Waals surface area contributed by atoms with Crippen molar-refractivity contribution in [2.75, 3.05) is 24.6 Å². The van der Waals surface area contributed by atoms with Crippen LogP contribution in [-0.4, -0.2) is 40.4 Å². The van der Waals surface area contributed by atoms with E-state index in [1.54, 1.807) is 17.8 Å². The van der Waals surface area contributed by atoms with Gasteiger partial charge in [0.25, 0.3) is 0 Å². The highest BCUT2D eigenvalue weighted by Crippen LogP contribution is 2.46. The van der Waals surface area contributed by atoms with Crippen LogP contribution in [0.15, 0.2) is 24.7 Å². The highest BCUT2D eigenvalue weighted by atomic mass is 16.5. The Hall–Kier alpha value is -2.81. The monoisotopic (exact) mass is 336 g/mol. The van der Waals surface area contributed by atoms with Crippen molar-refractivity contribution >= 4 is 11.8 Å². The Labute approximate surface area is 146 Å². The largest absolute Gasteiger partial charge is 0.462 e. The van der Waals surface area contributed by atoms with Crippen molar-refractivity contribution in [3.8, 4) is 12.3 Å². The number of rotatable bonds is 5. The molecular formula is C19H20N4O2. The number of hydrogen-bond acceptors (Lipinski definition) is 5. The summed E-state index contributed by atoms with van der Waals surface area (Å²) in [5.74, 6) is 4.97. The molecule has 2 unspecified atom stereocenters. The lowest BCUT2D eigenvalue weighted by molar-refractivity contribution is 0.0526. The van der Waals surface area contributed by atoms with E-state index < -0.39 is 0 Å². The minimum absolute atomic E-state index is 0.346. The summed E-state index contributed by atoms with van der Waals surface area (Å²) < 4.78 is 6.66. The predicted molar refractivity (Wildman–Crippen MR) is 93.3 cm³/mol. The van der Waals surface area contributed by atoms with E-state index in [1.165, 1.54) is 12.6 Å². The van der Waals surface area contributed by atoms with Gasteiger partial charge in [0.05, 0.1) is 30.5 Å². The Morgan fingerprint density at radius 1 is 1.40 bits per heavy atom. The van der Waals surface area contributed by atoms with Crippen LogP contribution in [0.5, 0.6) is 0 Å². The molecule has 1 aliphatic carbocycles. The third kappa shape index (κ3) is 3.10. The van der Waals surface area contributed by atoms with Crippen LogP contribution in [0.25, 0.3) is 0 Å². The Balaban J connectivity index is 1.49. The lowest BCUT2D eigenvalue weighted by Gasteiger charge is -2.20. The topological polar surface area (TPSA) is 60.3 Å². The fourth-order valence-electron chi connectivity index (χ4n) is 3.47. The molecule has 2 aromatic rings. The molecule has 0 N–H and O–H groups in total. The number of carbonyl (C=O) groups excluding carboxylic acids is 1. The molecule has 1 aliphatic heterocycles. The third-order valence-electron chi connectivity index (χ3n) is 4.85. The number of aromatic nitrogens is 3. The van der Waals surface area contributed by atoms with Crippen LogP contribution in [0.1, 0.15) is 34.8 Å². The molecule has 2 aliphatic rings. The number of nitrogens with zero attached hydrogens (tertiary/aromatic N) is 4. The maximum absolute atomic E-state index is 11.7. The SMILES string of the molecule is C#Cc1cc(Cn2cc(C(=O)OCC)cn2)cnc1N1CC2CC2C1. The van der Waals surface area contributed by atoms with Gasteiger partial charge in [-0.25, -0.2) is 9.78 Å². The molecule has 6 heteroatoms. The molecule has 2 fully saturated rings. The van der Waals surface area contributed by atoms with E-state index in [1.807, 2.05) is 12.3 Å². The molecule has 128 valence electrons. The zero-order chi connectivity index (χ0) is 17.4. The second-order valence-electron chi connectivity index (χ2n) is 6.67. The molecular weight excluding hydrogens is 316 g/mol. The minimum atomic E-state index is -0.362. The minimum Gasteiger partial charge on any atom is -0.462 e. The lowest BCUT2D eigenvalue weighted by atomic mass is 10.2. The Morgan fingerprint density at radius 2 is 2.20 bits per heavy atom. The molecule has 1 saturated heterocycles. The van der Waals surface area contributed by atoms with Gasteiger partial charge in [-0.2, -0.15) is 5.10 Å². The zero-order valence-corrected chi connectivity index (χ0v) is 14.2. The molecule has 0 bridgehead atoms. The first-order valence-electron chi connectivity index (χ1n) is 8.58. The van der Waals surface area contributed by atoms with Gasteiger partial charge in [0, 0.05) is 25.5 Å². The number of pyridine rings is 1. The first-order valence-corrected chi connectivity index (χ1v) is 8.58. The highest BCUT2D eigenvalue weighted by molar-refractivity contribution is 5.88. The van der Waals surface area contributed by atoms with Crippen molar-refractivity contribution in [1.29, 1.82) is 0 Å². The summed E-state index contributed by atoms with van der Waals surface area (Å²) in [5.41, 5.74) is 2.22. The predicted octanol–water partition coefficient (Wildman–Crippen LogP) is 1.94. The van der Waals surface area contributed by atoms with Crippen molar-refractivity contribution in [2.45, 2.75) is 19.9 Å². The lowest BCUT2D eigenvalue weighted by Crippen LogP contribution is -2.24. The molecule has 0 spiro atoms. The van der Waals surface area contributed by atoms with E-state index in [0.29, 0.717) is 18.7 Å². The Morgan fingerprint density at radius 3 is 2.92 bits per heavy atom. The van der Waals surface area contributed by atoms with Gasteiger partial charge in [-0.1, -0.05) is 5.92 Å². The smallest absolute Gasteiger partial charge is 0.341 e. The van der Waals surface area contributed by atoms with E-state index >= 15 is 0 Å². The summed E-state index contributed by atoms with van der Waals surface area (Å²) >= 11 is 0. The number of anilines is 1. The average Bonchev–Trinajstić information content (AvgIpc) is 3.01. The van der Waals surface area contributed by atoms with Crippen LogP contribution in [0.2, 0.25) is 0 Å². The first kappa shape index (κ1) is 15.7. The molecule has 4 rings (SSSR count). The van der Waals surface area contributed by atoms with Crippen molar-refractivity contribution < 1.29 is 9.53 Å². The van der Waals surface area contributed by atoms with Gasteiger partial charge < -0.3 is 9.64 Å². The first-order chi connectivity index (χ1) is 12.2. The number of ether oxygens (including phenoxy) is 1. The average molecular weight is 336 g/mol. The summed E-state index contributed by atoms with van der Waals surface area (Å²) in [6.07, 6.45) is 12.1. The zero-order valence-electron chi connectivity index (χ0n) is 14.2. The number of fused-ring (bicyclic) bond motifs is 1. The van der Waals surface area contributed by atoms with Crippen LogP contribution < -0.4 is 4.90 Å². The Bertz CT molecular complexity index is 841. The standard InChI is InChI=1S/C19H20N4O2/c1-3-14-5-13(7-20-18(14)22-10-15-6-16(15)11-22)9-23-12-17(8-21-23)19(24)25-4-2/h1,5,7-8,12,15-16H,4,6,9-11H2,2H3. The third-order valence-corrected chi connectivity index (χ3v) is 4.85. The number of esters is 1. The summed E-state index contributed by atoms with van der Waals surface area (Å²) in [5, 5.41) is 4.21. The van der Waals surface area contributed by atoms with E-state index in [-0.39, 0.29) is 5.97 Å². The van der Waals surface area contributed by atoms with Crippen molar-refractivity contribution in [3.63, 3.8) is 0 Å². The quantitative estimate of drug-likeness (QED) is 0.617. The molecule has 0 radical (unpaired) electrons. The van der Waals surface area contributed by atoms with E-state index in [2.05, 4.69) is 20.9 Å². The Kier molecular flexibility index (Phi) is 3.92. The number of carbonyl (C=O) groups is 1. The van der Waals surface area contributed by atoms with Crippen LogP contribution in [0, 0.1) is 24.2 Å². The summed E-state index contributed by atoms with van der Waals surface area (Å²) in [6, 6.07) is 1.98. The van der Waals surface area contributed by atoms with Gasteiger partial charge in [0.1, 0.15) is 5.82 Å². The molecule has 1 saturated carbocycles. The van der Waals surface area contributed by atoms with Crippen LogP contribution in [0.3, 0.4) is 0 Å². The number of piperidine rings is 1. The fraction of sp³-hybridized carbons (Fsp3) is 0.421. The molecule has 25 heavy (non-hydrogen) atoms. The maximum atomic E-state index is 11.7. The maximum Gasteiger partial charge on any atom is 0.341 e.